The van der Waals surface area contributed by atoms with Crippen LogP contribution in [-0.4, -0.2) is 26.8 Å². The number of amides is 1. The van der Waals surface area contributed by atoms with E-state index < -0.39 is 0 Å². The number of rotatable bonds is 3. The number of halogens is 1. The topological polar surface area (TPSA) is 109 Å². The first kappa shape index (κ1) is 16.0. The maximum atomic E-state index is 12.0. The highest BCUT2D eigenvalue weighted by atomic mass is 79.9. The number of imidazole rings is 1. The van der Waals surface area contributed by atoms with Gasteiger partial charge in [-0.15, -0.1) is 0 Å². The van der Waals surface area contributed by atoms with E-state index in [0.29, 0.717) is 27.9 Å². The predicted octanol–water partition coefficient (Wildman–Crippen LogP) is 2.36. The Hall–Kier alpha value is -2.92. The first-order valence-corrected chi connectivity index (χ1v) is 7.97. The Balaban J connectivity index is 2.19. The van der Waals surface area contributed by atoms with Crippen molar-refractivity contribution in [2.75, 3.05) is 12.3 Å². The summed E-state index contributed by atoms with van der Waals surface area (Å²) in [5.74, 6) is -0.0749. The van der Waals surface area contributed by atoms with Crippen LogP contribution < -0.4 is 11.1 Å². The highest BCUT2D eigenvalue weighted by Crippen LogP contribution is 2.31. The summed E-state index contributed by atoms with van der Waals surface area (Å²) in [7, 11) is 0. The Kier molecular flexibility index (Phi) is 4.18. The highest BCUT2D eigenvalue weighted by molar-refractivity contribution is 9.10. The molecule has 3 N–H and O–H groups in total. The number of aromatic nitrogens is 3. The van der Waals surface area contributed by atoms with Gasteiger partial charge in [0.05, 0.1) is 21.8 Å². The SMILES string of the molecule is CCNC(=O)c1cn2c(N)nc(-c3cccc(C#N)c3)c(Br)c2n1. The van der Waals surface area contributed by atoms with Crippen LogP contribution in [0.1, 0.15) is 23.0 Å². The van der Waals surface area contributed by atoms with E-state index >= 15 is 0 Å². The van der Waals surface area contributed by atoms with Gasteiger partial charge in [-0.25, -0.2) is 9.97 Å². The molecule has 8 heteroatoms. The number of nitrogens with one attached hydrogen (secondary N) is 1. The number of hydrogen-bond acceptors (Lipinski definition) is 5. The lowest BCUT2D eigenvalue weighted by Gasteiger charge is -2.08. The van der Waals surface area contributed by atoms with E-state index in [4.69, 9.17) is 11.0 Å². The smallest absolute Gasteiger partial charge is 0.271 e. The van der Waals surface area contributed by atoms with Crippen LogP contribution in [0.3, 0.4) is 0 Å². The number of nitriles is 1. The van der Waals surface area contributed by atoms with E-state index in [-0.39, 0.29) is 17.5 Å². The van der Waals surface area contributed by atoms with E-state index in [9.17, 15) is 4.79 Å². The Bertz CT molecular complexity index is 988. The summed E-state index contributed by atoms with van der Waals surface area (Å²) in [6, 6.07) is 9.13. The number of nitrogen functional groups attached to an aromatic ring is 1. The van der Waals surface area contributed by atoms with E-state index in [2.05, 4.69) is 37.3 Å². The molecule has 2 heterocycles. The number of nitrogens with two attached hydrogens (primary N) is 1. The lowest BCUT2D eigenvalue weighted by Crippen LogP contribution is -2.22. The van der Waals surface area contributed by atoms with Crippen molar-refractivity contribution in [3.8, 4) is 17.3 Å². The molecule has 0 radical (unpaired) electrons. The Morgan fingerprint density at radius 2 is 2.25 bits per heavy atom. The van der Waals surface area contributed by atoms with Gasteiger partial charge in [-0.3, -0.25) is 9.20 Å². The van der Waals surface area contributed by atoms with Crippen molar-refractivity contribution in [3.63, 3.8) is 0 Å². The summed E-state index contributed by atoms with van der Waals surface area (Å²) in [6.45, 7) is 2.34. The molecule has 0 atom stereocenters. The van der Waals surface area contributed by atoms with Gasteiger partial charge in [0.25, 0.3) is 5.91 Å². The van der Waals surface area contributed by atoms with E-state index in [0.717, 1.165) is 5.56 Å². The van der Waals surface area contributed by atoms with Crippen LogP contribution in [0.2, 0.25) is 0 Å². The van der Waals surface area contributed by atoms with Crippen molar-refractivity contribution in [1.82, 2.24) is 19.7 Å². The number of nitrogens with zero attached hydrogens (tertiary/aromatic N) is 4. The number of carbonyl (C=O) groups is 1. The third kappa shape index (κ3) is 2.70. The average Bonchev–Trinajstić information content (AvgIpc) is 3.05. The van der Waals surface area contributed by atoms with Crippen LogP contribution in [0.5, 0.6) is 0 Å². The van der Waals surface area contributed by atoms with Gasteiger partial charge in [0.2, 0.25) is 5.95 Å². The molecule has 0 fully saturated rings. The molecule has 24 heavy (non-hydrogen) atoms. The molecule has 3 aromatic rings. The van der Waals surface area contributed by atoms with E-state index in [1.54, 1.807) is 28.8 Å². The summed E-state index contributed by atoms with van der Waals surface area (Å²) in [4.78, 5) is 20.7. The Morgan fingerprint density at radius 1 is 1.46 bits per heavy atom. The molecule has 1 aromatic carbocycles. The van der Waals surface area contributed by atoms with Gasteiger partial charge in [0, 0.05) is 18.3 Å². The number of fused-ring (bicyclic) bond motifs is 1. The maximum absolute atomic E-state index is 12.0. The number of anilines is 1. The molecule has 0 bridgehead atoms. The Labute approximate surface area is 146 Å². The molecule has 0 saturated heterocycles. The lowest BCUT2D eigenvalue weighted by molar-refractivity contribution is 0.0951. The zero-order chi connectivity index (χ0) is 17.3. The van der Waals surface area contributed by atoms with Crippen LogP contribution in [0, 0.1) is 11.3 Å². The molecule has 120 valence electrons. The fourth-order valence-corrected chi connectivity index (χ4v) is 2.92. The van der Waals surface area contributed by atoms with E-state index in [1.807, 2.05) is 13.0 Å². The monoisotopic (exact) mass is 384 g/mol. The number of hydrogen-bond donors (Lipinski definition) is 2. The fraction of sp³-hybridized carbons (Fsp3) is 0.125. The second-order valence-electron chi connectivity index (χ2n) is 5.00. The van der Waals surface area contributed by atoms with Crippen LogP contribution >= 0.6 is 15.9 Å². The van der Waals surface area contributed by atoms with Gasteiger partial charge in [0.1, 0.15) is 5.69 Å². The second-order valence-corrected chi connectivity index (χ2v) is 5.80. The van der Waals surface area contributed by atoms with Crippen molar-refractivity contribution in [1.29, 1.82) is 5.26 Å². The van der Waals surface area contributed by atoms with Gasteiger partial charge in [-0.1, -0.05) is 12.1 Å². The Morgan fingerprint density at radius 3 is 2.96 bits per heavy atom. The standard InChI is InChI=1S/C16H13BrN6O/c1-2-20-15(24)11-8-23-14(21-11)12(17)13(22-16(23)19)10-5-3-4-9(6-10)7-18/h3-6,8H,2H2,1H3,(H2,19,22)(H,20,24). The van der Waals surface area contributed by atoms with Crippen LogP contribution in [0.4, 0.5) is 5.95 Å². The molecule has 3 rings (SSSR count). The third-order valence-corrected chi connectivity index (χ3v) is 4.15. The third-order valence-electron chi connectivity index (χ3n) is 3.42. The summed E-state index contributed by atoms with van der Waals surface area (Å²) < 4.78 is 2.15. The van der Waals surface area contributed by atoms with Gasteiger partial charge in [-0.2, -0.15) is 5.26 Å². The summed E-state index contributed by atoms with van der Waals surface area (Å²) in [6.07, 6.45) is 1.54. The lowest BCUT2D eigenvalue weighted by atomic mass is 10.1. The van der Waals surface area contributed by atoms with Crippen molar-refractivity contribution in [3.05, 3.63) is 46.2 Å². The first-order valence-electron chi connectivity index (χ1n) is 7.18. The summed E-state index contributed by atoms with van der Waals surface area (Å²) in [5.41, 5.74) is 8.57. The summed E-state index contributed by atoms with van der Waals surface area (Å²) in [5, 5.41) is 11.7. The fourth-order valence-electron chi connectivity index (χ4n) is 2.32. The van der Waals surface area contributed by atoms with Gasteiger partial charge < -0.3 is 11.1 Å². The molecule has 7 nitrogen and oxygen atoms in total. The normalized spacial score (nSPS) is 10.5. The highest BCUT2D eigenvalue weighted by Gasteiger charge is 2.18. The molecule has 0 unspecified atom stereocenters. The van der Waals surface area contributed by atoms with Crippen molar-refractivity contribution in [2.24, 2.45) is 0 Å². The van der Waals surface area contributed by atoms with Crippen molar-refractivity contribution < 1.29 is 4.79 Å². The molecule has 2 aromatic heterocycles. The van der Waals surface area contributed by atoms with Crippen LogP contribution in [-0.2, 0) is 0 Å². The molecular formula is C16H13BrN6O. The number of carbonyl (C=O) groups excluding carboxylic acids is 1. The molecular weight excluding hydrogens is 372 g/mol. The zero-order valence-electron chi connectivity index (χ0n) is 12.7. The minimum atomic E-state index is -0.277. The zero-order valence-corrected chi connectivity index (χ0v) is 14.3. The quantitative estimate of drug-likeness (QED) is 0.720. The first-order chi connectivity index (χ1) is 11.5. The van der Waals surface area contributed by atoms with Gasteiger partial charge in [-0.05, 0) is 35.0 Å². The maximum Gasteiger partial charge on any atom is 0.271 e. The molecule has 0 aliphatic heterocycles. The van der Waals surface area contributed by atoms with Crippen molar-refractivity contribution >= 4 is 33.4 Å². The molecule has 0 aliphatic rings. The van der Waals surface area contributed by atoms with Crippen LogP contribution in [0.25, 0.3) is 16.9 Å². The van der Waals surface area contributed by atoms with Gasteiger partial charge >= 0.3 is 0 Å². The molecule has 0 aliphatic carbocycles. The number of benzene rings is 1. The summed E-state index contributed by atoms with van der Waals surface area (Å²) >= 11 is 3.48. The average molecular weight is 385 g/mol. The molecule has 0 saturated carbocycles. The molecule has 0 spiro atoms. The van der Waals surface area contributed by atoms with E-state index in [1.165, 1.54) is 0 Å². The predicted molar refractivity (Wildman–Crippen MR) is 93.3 cm³/mol. The largest absolute Gasteiger partial charge is 0.369 e. The molecule has 1 amide bonds. The van der Waals surface area contributed by atoms with Gasteiger partial charge in [0.15, 0.2) is 5.65 Å². The minimum absolute atomic E-state index is 0.202. The second kappa shape index (κ2) is 6.29. The van der Waals surface area contributed by atoms with Crippen LogP contribution in [0.15, 0.2) is 34.9 Å². The minimum Gasteiger partial charge on any atom is -0.369 e. The van der Waals surface area contributed by atoms with Crippen molar-refractivity contribution in [2.45, 2.75) is 6.92 Å².